The molecule has 0 bridgehead atoms. The van der Waals surface area contributed by atoms with Gasteiger partial charge in [0.05, 0.1) is 6.61 Å². The summed E-state index contributed by atoms with van der Waals surface area (Å²) in [6.07, 6.45) is 4.15. The third kappa shape index (κ3) is 1.91. The average Bonchev–Trinajstić information content (AvgIpc) is 3.10. The zero-order valence-corrected chi connectivity index (χ0v) is 13.0. The fraction of sp³-hybridized carbons (Fsp3) is 0.471. The molecule has 0 saturated heterocycles. The van der Waals surface area contributed by atoms with Crippen molar-refractivity contribution in [3.8, 4) is 0 Å². The standard InChI is InChI=1S/C17H20O2S/c1-4-11(5-2)12-7-8-15-13(9-12)14-10-17(14,20-15)16(18)19-6-3/h4,7-9,14H,5-6,10H2,1-3H3/b11-4+. The molecule has 0 aromatic heterocycles. The molecule has 1 aliphatic carbocycles. The first-order valence-corrected chi connectivity index (χ1v) is 8.13. The van der Waals surface area contributed by atoms with Crippen molar-refractivity contribution in [2.75, 3.05) is 6.61 Å². The molecule has 1 saturated carbocycles. The Morgan fingerprint density at radius 3 is 2.95 bits per heavy atom. The van der Waals surface area contributed by atoms with Gasteiger partial charge in [-0.3, -0.25) is 4.79 Å². The Morgan fingerprint density at radius 1 is 1.50 bits per heavy atom. The summed E-state index contributed by atoms with van der Waals surface area (Å²) in [6, 6.07) is 6.62. The van der Waals surface area contributed by atoms with Crippen LogP contribution in [0.25, 0.3) is 5.57 Å². The Bertz CT molecular complexity index is 591. The number of ether oxygens (including phenoxy) is 1. The van der Waals surface area contributed by atoms with Gasteiger partial charge >= 0.3 is 5.97 Å². The van der Waals surface area contributed by atoms with Gasteiger partial charge in [-0.25, -0.2) is 0 Å². The summed E-state index contributed by atoms with van der Waals surface area (Å²) in [6.45, 7) is 6.60. The second kappa shape index (κ2) is 4.96. The zero-order valence-electron chi connectivity index (χ0n) is 12.2. The molecular formula is C17H20O2S. The number of thioether (sulfide) groups is 1. The van der Waals surface area contributed by atoms with Gasteiger partial charge in [0.25, 0.3) is 0 Å². The lowest BCUT2D eigenvalue weighted by Crippen LogP contribution is -2.21. The van der Waals surface area contributed by atoms with Crippen LogP contribution in [0.5, 0.6) is 0 Å². The monoisotopic (exact) mass is 288 g/mol. The molecule has 2 atom stereocenters. The van der Waals surface area contributed by atoms with Crippen LogP contribution in [0.15, 0.2) is 29.2 Å². The fourth-order valence-electron chi connectivity index (χ4n) is 3.12. The average molecular weight is 288 g/mol. The number of rotatable bonds is 4. The molecule has 2 aliphatic rings. The van der Waals surface area contributed by atoms with Crippen LogP contribution in [0.4, 0.5) is 0 Å². The Labute approximate surface area is 124 Å². The second-order valence-electron chi connectivity index (χ2n) is 5.39. The maximum Gasteiger partial charge on any atom is 0.323 e. The van der Waals surface area contributed by atoms with Gasteiger partial charge in [-0.2, -0.15) is 0 Å². The van der Waals surface area contributed by atoms with Gasteiger partial charge in [0.1, 0.15) is 4.75 Å². The molecule has 0 radical (unpaired) electrons. The van der Waals surface area contributed by atoms with Gasteiger partial charge < -0.3 is 4.74 Å². The lowest BCUT2D eigenvalue weighted by Gasteiger charge is -2.10. The zero-order chi connectivity index (χ0) is 14.3. The summed E-state index contributed by atoms with van der Waals surface area (Å²) in [5.74, 6) is 0.325. The maximum atomic E-state index is 12.2. The summed E-state index contributed by atoms with van der Waals surface area (Å²) in [7, 11) is 0. The van der Waals surface area contributed by atoms with Crippen molar-refractivity contribution in [2.45, 2.75) is 49.2 Å². The Balaban J connectivity index is 1.90. The summed E-state index contributed by atoms with van der Waals surface area (Å²) in [5, 5.41) is 0. The van der Waals surface area contributed by atoms with Crippen molar-refractivity contribution < 1.29 is 9.53 Å². The highest BCUT2D eigenvalue weighted by Gasteiger charge is 2.67. The molecule has 1 heterocycles. The number of carbonyl (C=O) groups is 1. The van der Waals surface area contributed by atoms with Crippen LogP contribution in [0.3, 0.4) is 0 Å². The summed E-state index contributed by atoms with van der Waals surface area (Å²) < 4.78 is 4.94. The van der Waals surface area contributed by atoms with Crippen molar-refractivity contribution in [1.82, 2.24) is 0 Å². The van der Waals surface area contributed by atoms with Gasteiger partial charge in [-0.05, 0) is 49.5 Å². The lowest BCUT2D eigenvalue weighted by molar-refractivity contribution is -0.143. The largest absolute Gasteiger partial charge is 0.465 e. The third-order valence-electron chi connectivity index (χ3n) is 4.31. The molecule has 0 N–H and O–H groups in total. The van der Waals surface area contributed by atoms with Crippen molar-refractivity contribution in [3.05, 3.63) is 35.4 Å². The first kappa shape index (κ1) is 13.7. The van der Waals surface area contributed by atoms with Crippen molar-refractivity contribution in [3.63, 3.8) is 0 Å². The van der Waals surface area contributed by atoms with E-state index in [2.05, 4.69) is 38.1 Å². The summed E-state index contributed by atoms with van der Waals surface area (Å²) in [5.41, 5.74) is 4.00. The van der Waals surface area contributed by atoms with E-state index >= 15 is 0 Å². The molecular weight excluding hydrogens is 268 g/mol. The molecule has 1 fully saturated rings. The number of esters is 1. The Morgan fingerprint density at radius 2 is 2.30 bits per heavy atom. The smallest absolute Gasteiger partial charge is 0.323 e. The topological polar surface area (TPSA) is 26.3 Å². The van der Waals surface area contributed by atoms with Crippen molar-refractivity contribution in [1.29, 1.82) is 0 Å². The quantitative estimate of drug-likeness (QED) is 0.768. The molecule has 0 amide bonds. The first-order valence-electron chi connectivity index (χ1n) is 7.32. The third-order valence-corrected chi connectivity index (χ3v) is 5.88. The Kier molecular flexibility index (Phi) is 3.41. The normalized spacial score (nSPS) is 26.9. The molecule has 106 valence electrons. The number of benzene rings is 1. The van der Waals surface area contributed by atoms with Crippen LogP contribution in [-0.2, 0) is 9.53 Å². The highest BCUT2D eigenvalue weighted by Crippen LogP contribution is 2.70. The van der Waals surface area contributed by atoms with Crippen molar-refractivity contribution >= 4 is 23.3 Å². The Hall–Kier alpha value is -1.22. The second-order valence-corrected chi connectivity index (χ2v) is 6.76. The highest BCUT2D eigenvalue weighted by atomic mass is 32.2. The van der Waals surface area contributed by atoms with E-state index in [9.17, 15) is 4.79 Å². The van der Waals surface area contributed by atoms with Gasteiger partial charge in [0, 0.05) is 10.8 Å². The van der Waals surface area contributed by atoms with E-state index in [1.807, 2.05) is 6.92 Å². The minimum atomic E-state index is -0.306. The number of allylic oxidation sites excluding steroid dienone is 2. The van der Waals surface area contributed by atoms with Crippen LogP contribution >= 0.6 is 11.8 Å². The van der Waals surface area contributed by atoms with Crippen LogP contribution < -0.4 is 0 Å². The molecule has 20 heavy (non-hydrogen) atoms. The van der Waals surface area contributed by atoms with E-state index in [1.165, 1.54) is 21.6 Å². The summed E-state index contributed by atoms with van der Waals surface area (Å²) in [4.78, 5) is 13.4. The molecule has 0 spiro atoms. The minimum absolute atomic E-state index is 0.0329. The molecule has 3 heteroatoms. The number of hydrogen-bond donors (Lipinski definition) is 0. The van der Waals surface area contributed by atoms with Gasteiger partial charge in [0.2, 0.25) is 0 Å². The van der Waals surface area contributed by atoms with Gasteiger partial charge in [-0.1, -0.05) is 25.1 Å². The number of carbonyl (C=O) groups excluding carboxylic acids is 1. The highest BCUT2D eigenvalue weighted by molar-refractivity contribution is 8.02. The van der Waals surface area contributed by atoms with Gasteiger partial charge in [-0.15, -0.1) is 11.8 Å². The molecule has 1 aromatic carbocycles. The van der Waals surface area contributed by atoms with E-state index in [1.54, 1.807) is 11.8 Å². The van der Waals surface area contributed by atoms with Gasteiger partial charge in [0.15, 0.2) is 0 Å². The lowest BCUT2D eigenvalue weighted by atomic mass is 9.99. The minimum Gasteiger partial charge on any atom is -0.465 e. The fourth-order valence-corrected chi connectivity index (χ4v) is 4.63. The predicted molar refractivity (Wildman–Crippen MR) is 83.0 cm³/mol. The molecule has 2 nitrogen and oxygen atoms in total. The molecule has 3 rings (SSSR count). The van der Waals surface area contributed by atoms with E-state index < -0.39 is 0 Å². The summed E-state index contributed by atoms with van der Waals surface area (Å²) >= 11 is 1.70. The van der Waals surface area contributed by atoms with Crippen LogP contribution in [0, 0.1) is 0 Å². The molecule has 1 aliphatic heterocycles. The van der Waals surface area contributed by atoms with E-state index in [0.717, 1.165) is 12.8 Å². The van der Waals surface area contributed by atoms with E-state index in [4.69, 9.17) is 4.74 Å². The van der Waals surface area contributed by atoms with E-state index in [-0.39, 0.29) is 10.7 Å². The molecule has 2 unspecified atom stereocenters. The van der Waals surface area contributed by atoms with Crippen LogP contribution in [0.2, 0.25) is 0 Å². The van der Waals surface area contributed by atoms with Crippen LogP contribution in [-0.4, -0.2) is 17.3 Å². The maximum absolute atomic E-state index is 12.2. The van der Waals surface area contributed by atoms with Crippen LogP contribution in [0.1, 0.15) is 50.7 Å². The number of fused-ring (bicyclic) bond motifs is 3. The predicted octanol–water partition coefficient (Wildman–Crippen LogP) is 4.39. The molecule has 1 aromatic rings. The van der Waals surface area contributed by atoms with E-state index in [0.29, 0.717) is 12.5 Å². The number of hydrogen-bond acceptors (Lipinski definition) is 3. The van der Waals surface area contributed by atoms with Crippen molar-refractivity contribution in [2.24, 2.45) is 0 Å². The SMILES string of the molecule is C/C=C(\CC)c1ccc2c(c1)C1CC1(C(=O)OCC)S2. The first-order chi connectivity index (χ1) is 9.66.